The summed E-state index contributed by atoms with van der Waals surface area (Å²) in [4.78, 5) is 19.0. The van der Waals surface area contributed by atoms with Crippen molar-refractivity contribution in [3.63, 3.8) is 0 Å². The predicted molar refractivity (Wildman–Crippen MR) is 108 cm³/mol. The van der Waals surface area contributed by atoms with Crippen LogP contribution in [0.2, 0.25) is 0 Å². The van der Waals surface area contributed by atoms with Crippen LogP contribution in [-0.2, 0) is 10.0 Å². The Bertz CT molecular complexity index is 1110. The average Bonchev–Trinajstić information content (AvgIpc) is 2.94. The van der Waals surface area contributed by atoms with Crippen molar-refractivity contribution in [1.29, 1.82) is 0 Å². The lowest BCUT2D eigenvalue weighted by atomic mass is 10.1. The van der Waals surface area contributed by atoms with Crippen molar-refractivity contribution in [2.24, 2.45) is 0 Å². The fourth-order valence-electron chi connectivity index (χ4n) is 3.54. The Kier molecular flexibility index (Phi) is 4.91. The summed E-state index contributed by atoms with van der Waals surface area (Å²) in [5.41, 5.74) is 3.46. The van der Waals surface area contributed by atoms with E-state index < -0.39 is 10.0 Å². The SMILES string of the molecule is CS(=O)(=O)N1CCCN(C(=O)c2ccc(-n3cnc4ccccc43)cc2)CC1. The summed E-state index contributed by atoms with van der Waals surface area (Å²) < 4.78 is 26.9. The molecule has 0 spiro atoms. The van der Waals surface area contributed by atoms with Crippen LogP contribution >= 0.6 is 0 Å². The van der Waals surface area contributed by atoms with Crippen molar-refractivity contribution in [3.8, 4) is 5.69 Å². The van der Waals surface area contributed by atoms with Crippen molar-refractivity contribution >= 4 is 27.0 Å². The second kappa shape index (κ2) is 7.37. The van der Waals surface area contributed by atoms with Gasteiger partial charge in [-0.2, -0.15) is 0 Å². The Morgan fingerprint density at radius 1 is 0.964 bits per heavy atom. The Morgan fingerprint density at radius 2 is 1.71 bits per heavy atom. The minimum atomic E-state index is -3.23. The van der Waals surface area contributed by atoms with Gasteiger partial charge in [0.1, 0.15) is 6.33 Å². The molecule has 2 heterocycles. The minimum absolute atomic E-state index is 0.0719. The van der Waals surface area contributed by atoms with Gasteiger partial charge >= 0.3 is 0 Å². The Labute approximate surface area is 164 Å². The van der Waals surface area contributed by atoms with Gasteiger partial charge in [-0.05, 0) is 42.8 Å². The van der Waals surface area contributed by atoms with Crippen LogP contribution in [0.5, 0.6) is 0 Å². The molecule has 1 aliphatic heterocycles. The first-order chi connectivity index (χ1) is 13.4. The molecule has 0 radical (unpaired) electrons. The number of amides is 1. The van der Waals surface area contributed by atoms with Crippen molar-refractivity contribution in [2.45, 2.75) is 6.42 Å². The number of nitrogens with zero attached hydrogens (tertiary/aromatic N) is 4. The maximum atomic E-state index is 12.9. The number of hydrogen-bond acceptors (Lipinski definition) is 4. The summed E-state index contributed by atoms with van der Waals surface area (Å²) in [6.45, 7) is 1.75. The van der Waals surface area contributed by atoms with E-state index in [-0.39, 0.29) is 5.91 Å². The molecule has 8 heteroatoms. The van der Waals surface area contributed by atoms with E-state index in [9.17, 15) is 13.2 Å². The zero-order valence-corrected chi connectivity index (χ0v) is 16.5. The molecule has 0 unspecified atom stereocenters. The van der Waals surface area contributed by atoms with Crippen molar-refractivity contribution in [3.05, 3.63) is 60.4 Å². The lowest BCUT2D eigenvalue weighted by molar-refractivity contribution is 0.0764. The van der Waals surface area contributed by atoms with E-state index in [4.69, 9.17) is 0 Å². The minimum Gasteiger partial charge on any atom is -0.337 e. The van der Waals surface area contributed by atoms with E-state index in [1.807, 2.05) is 53.1 Å². The third-order valence-corrected chi connectivity index (χ3v) is 6.36. The fraction of sp³-hybridized carbons (Fsp3) is 0.300. The molecule has 1 aliphatic rings. The van der Waals surface area contributed by atoms with Crippen LogP contribution in [0.15, 0.2) is 54.9 Å². The van der Waals surface area contributed by atoms with E-state index in [1.54, 1.807) is 11.2 Å². The fourth-order valence-corrected chi connectivity index (χ4v) is 4.41. The van der Waals surface area contributed by atoms with Crippen LogP contribution in [0.25, 0.3) is 16.7 Å². The van der Waals surface area contributed by atoms with Crippen LogP contribution in [-0.4, -0.2) is 65.5 Å². The standard InChI is InChI=1S/C20H22N4O3S/c1-28(26,27)23-12-4-11-22(13-14-23)20(25)16-7-9-17(10-8-16)24-15-21-18-5-2-3-6-19(18)24/h2-3,5-10,15H,4,11-14H2,1H3. The van der Waals surface area contributed by atoms with Crippen molar-refractivity contribution in [2.75, 3.05) is 32.4 Å². The third-order valence-electron chi connectivity index (χ3n) is 5.06. The monoisotopic (exact) mass is 398 g/mol. The zero-order valence-electron chi connectivity index (χ0n) is 15.7. The summed E-state index contributed by atoms with van der Waals surface area (Å²) >= 11 is 0. The largest absolute Gasteiger partial charge is 0.337 e. The summed E-state index contributed by atoms with van der Waals surface area (Å²) in [5.74, 6) is -0.0719. The maximum absolute atomic E-state index is 12.9. The number of rotatable bonds is 3. The van der Waals surface area contributed by atoms with Gasteiger partial charge in [0, 0.05) is 37.4 Å². The van der Waals surface area contributed by atoms with Gasteiger partial charge in [0.15, 0.2) is 0 Å². The highest BCUT2D eigenvalue weighted by molar-refractivity contribution is 7.88. The number of carbonyl (C=O) groups excluding carboxylic acids is 1. The van der Waals surface area contributed by atoms with Gasteiger partial charge in [0.05, 0.1) is 17.3 Å². The molecule has 28 heavy (non-hydrogen) atoms. The number of hydrogen-bond donors (Lipinski definition) is 0. The Balaban J connectivity index is 1.51. The summed E-state index contributed by atoms with van der Waals surface area (Å²) in [7, 11) is -3.23. The highest BCUT2D eigenvalue weighted by atomic mass is 32.2. The molecule has 4 rings (SSSR count). The quantitative estimate of drug-likeness (QED) is 0.677. The number of sulfonamides is 1. The van der Waals surface area contributed by atoms with E-state index in [1.165, 1.54) is 10.6 Å². The second-order valence-corrected chi connectivity index (χ2v) is 8.94. The van der Waals surface area contributed by atoms with Gasteiger partial charge in [-0.25, -0.2) is 17.7 Å². The number of para-hydroxylation sites is 2. The zero-order chi connectivity index (χ0) is 19.7. The normalized spacial score (nSPS) is 16.2. The Morgan fingerprint density at radius 3 is 2.46 bits per heavy atom. The molecule has 1 fully saturated rings. The highest BCUT2D eigenvalue weighted by Gasteiger charge is 2.24. The summed E-state index contributed by atoms with van der Waals surface area (Å²) in [6, 6.07) is 15.3. The van der Waals surface area contributed by atoms with Gasteiger partial charge in [-0.15, -0.1) is 0 Å². The number of carbonyl (C=O) groups is 1. The van der Waals surface area contributed by atoms with Gasteiger partial charge in [-0.1, -0.05) is 12.1 Å². The maximum Gasteiger partial charge on any atom is 0.253 e. The lowest BCUT2D eigenvalue weighted by Gasteiger charge is -2.21. The van der Waals surface area contributed by atoms with Crippen LogP contribution in [0.4, 0.5) is 0 Å². The molecule has 1 aromatic heterocycles. The number of fused-ring (bicyclic) bond motifs is 1. The first-order valence-electron chi connectivity index (χ1n) is 9.20. The number of imidazole rings is 1. The van der Waals surface area contributed by atoms with Gasteiger partial charge in [-0.3, -0.25) is 9.36 Å². The molecule has 0 saturated carbocycles. The van der Waals surface area contributed by atoms with Crippen LogP contribution in [0.3, 0.4) is 0 Å². The van der Waals surface area contributed by atoms with Gasteiger partial charge in [0.2, 0.25) is 10.0 Å². The molecule has 7 nitrogen and oxygen atoms in total. The molecule has 0 bridgehead atoms. The first kappa shape index (κ1) is 18.6. The van der Waals surface area contributed by atoms with Gasteiger partial charge < -0.3 is 4.90 Å². The van der Waals surface area contributed by atoms with E-state index in [0.29, 0.717) is 38.2 Å². The molecule has 1 amide bonds. The number of benzene rings is 2. The molecule has 0 N–H and O–H groups in total. The second-order valence-electron chi connectivity index (χ2n) is 6.96. The Hall–Kier alpha value is -2.71. The average molecular weight is 398 g/mol. The molecule has 2 aromatic carbocycles. The highest BCUT2D eigenvalue weighted by Crippen LogP contribution is 2.19. The molecule has 0 aliphatic carbocycles. The molecule has 0 atom stereocenters. The van der Waals surface area contributed by atoms with Gasteiger partial charge in [0.25, 0.3) is 5.91 Å². The van der Waals surface area contributed by atoms with Crippen LogP contribution in [0.1, 0.15) is 16.8 Å². The van der Waals surface area contributed by atoms with E-state index >= 15 is 0 Å². The van der Waals surface area contributed by atoms with Crippen molar-refractivity contribution < 1.29 is 13.2 Å². The molecular formula is C20H22N4O3S. The third kappa shape index (κ3) is 3.65. The number of aromatic nitrogens is 2. The summed E-state index contributed by atoms with van der Waals surface area (Å²) in [6.07, 6.45) is 3.62. The first-order valence-corrected chi connectivity index (χ1v) is 11.1. The molecular weight excluding hydrogens is 376 g/mol. The topological polar surface area (TPSA) is 75.5 Å². The van der Waals surface area contributed by atoms with Crippen LogP contribution < -0.4 is 0 Å². The molecule has 1 saturated heterocycles. The van der Waals surface area contributed by atoms with Crippen LogP contribution in [0, 0.1) is 0 Å². The smallest absolute Gasteiger partial charge is 0.253 e. The summed E-state index contributed by atoms with van der Waals surface area (Å²) in [5, 5.41) is 0. The molecule has 3 aromatic rings. The lowest BCUT2D eigenvalue weighted by Crippen LogP contribution is -2.36. The predicted octanol–water partition coefficient (Wildman–Crippen LogP) is 2.13. The molecule has 146 valence electrons. The van der Waals surface area contributed by atoms with E-state index in [2.05, 4.69) is 4.98 Å². The van der Waals surface area contributed by atoms with Crippen molar-refractivity contribution in [1.82, 2.24) is 18.8 Å². The van der Waals surface area contributed by atoms with E-state index in [0.717, 1.165) is 16.7 Å².